The number of carbonyl (C=O) groups excluding carboxylic acids is 1. The third kappa shape index (κ3) is 1.93. The van der Waals surface area contributed by atoms with Crippen molar-refractivity contribution in [2.75, 3.05) is 5.32 Å². The van der Waals surface area contributed by atoms with E-state index in [1.165, 1.54) is 19.1 Å². The summed E-state index contributed by atoms with van der Waals surface area (Å²) < 4.78 is 13.7. The summed E-state index contributed by atoms with van der Waals surface area (Å²) in [6.45, 7) is 1.43. The van der Waals surface area contributed by atoms with E-state index >= 15 is 0 Å². The van der Waals surface area contributed by atoms with Gasteiger partial charge in [0.25, 0.3) is 0 Å². The van der Waals surface area contributed by atoms with Gasteiger partial charge < -0.3 is 10.4 Å². The molecule has 2 atom stereocenters. The van der Waals surface area contributed by atoms with Crippen molar-refractivity contribution >= 4 is 33.5 Å². The number of carboxylic acids is 1. The zero-order valence-electron chi connectivity index (χ0n) is 8.83. The maximum atomic E-state index is 13.3. The number of anilines is 1. The van der Waals surface area contributed by atoms with Crippen molar-refractivity contribution in [1.29, 1.82) is 0 Å². The highest BCUT2D eigenvalue weighted by Crippen LogP contribution is 2.41. The Kier molecular flexibility index (Phi) is 2.91. The summed E-state index contributed by atoms with van der Waals surface area (Å²) in [7, 11) is 0. The van der Waals surface area contributed by atoms with Crippen molar-refractivity contribution in [2.24, 2.45) is 5.92 Å². The highest BCUT2D eigenvalue weighted by atomic mass is 79.9. The lowest BCUT2D eigenvalue weighted by atomic mass is 9.88. The summed E-state index contributed by atoms with van der Waals surface area (Å²) in [5.41, 5.74) is 0.839. The van der Waals surface area contributed by atoms with Gasteiger partial charge >= 0.3 is 5.97 Å². The summed E-state index contributed by atoms with van der Waals surface area (Å²) in [6.07, 6.45) is 0. The van der Waals surface area contributed by atoms with Gasteiger partial charge in [0.1, 0.15) is 5.82 Å². The summed E-state index contributed by atoms with van der Waals surface area (Å²) in [5.74, 6) is -3.76. The van der Waals surface area contributed by atoms with Gasteiger partial charge in [0.2, 0.25) is 5.91 Å². The van der Waals surface area contributed by atoms with E-state index < -0.39 is 29.5 Å². The van der Waals surface area contributed by atoms with E-state index in [0.717, 1.165) is 0 Å². The number of carboxylic acid groups (broad SMARTS) is 1. The monoisotopic (exact) mass is 301 g/mol. The van der Waals surface area contributed by atoms with Crippen molar-refractivity contribution in [3.05, 3.63) is 28.0 Å². The number of nitrogens with one attached hydrogen (secondary N) is 1. The second-order valence-electron chi connectivity index (χ2n) is 3.95. The molecule has 2 rings (SSSR count). The predicted octanol–water partition coefficient (Wildman–Crippen LogP) is 2.34. The molecule has 1 amide bonds. The number of amides is 1. The van der Waals surface area contributed by atoms with Crippen LogP contribution in [0.3, 0.4) is 0 Å². The molecule has 6 heteroatoms. The molecule has 1 heterocycles. The molecule has 0 saturated carbocycles. The van der Waals surface area contributed by atoms with Gasteiger partial charge in [-0.25, -0.2) is 4.39 Å². The normalized spacial score (nSPS) is 19.7. The number of fused-ring (bicyclic) bond motifs is 1. The molecule has 17 heavy (non-hydrogen) atoms. The van der Waals surface area contributed by atoms with Gasteiger partial charge in [-0.15, -0.1) is 0 Å². The molecule has 0 aromatic heterocycles. The van der Waals surface area contributed by atoms with Crippen LogP contribution in [-0.4, -0.2) is 17.0 Å². The number of benzene rings is 1. The van der Waals surface area contributed by atoms with Crippen LogP contribution in [0.15, 0.2) is 16.6 Å². The van der Waals surface area contributed by atoms with Crippen molar-refractivity contribution in [2.45, 2.75) is 12.8 Å². The number of hydrogen-bond acceptors (Lipinski definition) is 2. The highest BCUT2D eigenvalue weighted by Gasteiger charge is 2.39. The van der Waals surface area contributed by atoms with Crippen LogP contribution in [0.4, 0.5) is 10.1 Å². The van der Waals surface area contributed by atoms with Crippen molar-refractivity contribution in [3.63, 3.8) is 0 Å². The second-order valence-corrected chi connectivity index (χ2v) is 4.80. The van der Waals surface area contributed by atoms with Crippen LogP contribution in [0.2, 0.25) is 0 Å². The van der Waals surface area contributed by atoms with Gasteiger partial charge in [-0.3, -0.25) is 9.59 Å². The lowest BCUT2D eigenvalue weighted by molar-refractivity contribution is -0.143. The van der Waals surface area contributed by atoms with Crippen LogP contribution < -0.4 is 5.32 Å². The Labute approximate surface area is 105 Å². The van der Waals surface area contributed by atoms with Crippen molar-refractivity contribution in [1.82, 2.24) is 0 Å². The zero-order chi connectivity index (χ0) is 12.7. The molecular formula is C11H9BrFNO3. The molecule has 2 unspecified atom stereocenters. The highest BCUT2D eigenvalue weighted by molar-refractivity contribution is 9.10. The average Bonchev–Trinajstić information content (AvgIpc) is 2.54. The fraction of sp³-hybridized carbons (Fsp3) is 0.273. The van der Waals surface area contributed by atoms with E-state index in [0.29, 0.717) is 15.7 Å². The van der Waals surface area contributed by atoms with Gasteiger partial charge in [-0.1, -0.05) is 6.92 Å². The lowest BCUT2D eigenvalue weighted by Crippen LogP contribution is -2.24. The number of rotatable bonds is 2. The summed E-state index contributed by atoms with van der Waals surface area (Å²) in [4.78, 5) is 22.6. The molecule has 0 bridgehead atoms. The lowest BCUT2D eigenvalue weighted by Gasteiger charge is -2.13. The van der Waals surface area contributed by atoms with E-state index in [1.54, 1.807) is 0 Å². The minimum Gasteiger partial charge on any atom is -0.481 e. The largest absolute Gasteiger partial charge is 0.481 e. The first-order chi connectivity index (χ1) is 7.91. The molecule has 0 saturated heterocycles. The molecule has 90 valence electrons. The number of halogens is 2. The second kappa shape index (κ2) is 4.10. The SMILES string of the molecule is CC(C(=O)O)C1C(=O)Nc2c(Br)cc(F)cc21. The van der Waals surface area contributed by atoms with E-state index in [4.69, 9.17) is 5.11 Å². The summed E-state index contributed by atoms with van der Waals surface area (Å²) in [5, 5.41) is 11.5. The van der Waals surface area contributed by atoms with Gasteiger partial charge in [0.05, 0.1) is 17.5 Å². The number of aliphatic carboxylic acids is 1. The number of hydrogen-bond donors (Lipinski definition) is 2. The molecule has 0 spiro atoms. The Morgan fingerprint density at radius 2 is 2.24 bits per heavy atom. The minimum atomic E-state index is -1.08. The fourth-order valence-electron chi connectivity index (χ4n) is 1.95. The standard InChI is InChI=1S/C11H9BrFNO3/c1-4(11(16)17)8-6-2-5(13)3-7(12)9(6)14-10(8)15/h2-4,8H,1H3,(H,14,15)(H,16,17). The molecule has 1 aliphatic heterocycles. The molecule has 1 aromatic carbocycles. The zero-order valence-corrected chi connectivity index (χ0v) is 10.4. The maximum Gasteiger partial charge on any atom is 0.307 e. The van der Waals surface area contributed by atoms with E-state index in [-0.39, 0.29) is 0 Å². The third-order valence-corrected chi connectivity index (χ3v) is 3.47. The van der Waals surface area contributed by atoms with E-state index in [2.05, 4.69) is 21.2 Å². The van der Waals surface area contributed by atoms with Gasteiger partial charge in [0, 0.05) is 4.47 Å². The Morgan fingerprint density at radius 1 is 1.59 bits per heavy atom. The number of carbonyl (C=O) groups is 2. The van der Waals surface area contributed by atoms with Crippen molar-refractivity contribution in [3.8, 4) is 0 Å². The molecule has 4 nitrogen and oxygen atoms in total. The predicted molar refractivity (Wildman–Crippen MR) is 62.3 cm³/mol. The quantitative estimate of drug-likeness (QED) is 0.881. The topological polar surface area (TPSA) is 66.4 Å². The van der Waals surface area contributed by atoms with Gasteiger partial charge in [-0.2, -0.15) is 0 Å². The molecule has 1 aromatic rings. The van der Waals surface area contributed by atoms with E-state index in [9.17, 15) is 14.0 Å². The molecule has 2 N–H and O–H groups in total. The van der Waals surface area contributed by atoms with Gasteiger partial charge in [-0.05, 0) is 33.6 Å². The molecule has 0 radical (unpaired) electrons. The molecule has 0 aliphatic carbocycles. The Balaban J connectivity index is 2.54. The molecule has 1 aliphatic rings. The maximum absolute atomic E-state index is 13.3. The van der Waals surface area contributed by atoms with E-state index in [1.807, 2.05) is 0 Å². The molecular weight excluding hydrogens is 293 g/mol. The average molecular weight is 302 g/mol. The third-order valence-electron chi connectivity index (χ3n) is 2.84. The smallest absolute Gasteiger partial charge is 0.307 e. The molecule has 0 fully saturated rings. The Bertz CT molecular complexity index is 518. The van der Waals surface area contributed by atoms with Crippen LogP contribution >= 0.6 is 15.9 Å². The van der Waals surface area contributed by atoms with Crippen molar-refractivity contribution < 1.29 is 19.1 Å². The van der Waals surface area contributed by atoms with Crippen LogP contribution in [0.1, 0.15) is 18.4 Å². The fourth-order valence-corrected chi connectivity index (χ4v) is 2.50. The van der Waals surface area contributed by atoms with Crippen LogP contribution in [0, 0.1) is 11.7 Å². The Hall–Kier alpha value is -1.43. The first-order valence-electron chi connectivity index (χ1n) is 4.94. The first-order valence-corrected chi connectivity index (χ1v) is 5.73. The van der Waals surface area contributed by atoms with Crippen LogP contribution in [-0.2, 0) is 9.59 Å². The Morgan fingerprint density at radius 3 is 2.82 bits per heavy atom. The van der Waals surface area contributed by atoms with Crippen LogP contribution in [0.25, 0.3) is 0 Å². The van der Waals surface area contributed by atoms with Crippen LogP contribution in [0.5, 0.6) is 0 Å². The summed E-state index contributed by atoms with van der Waals surface area (Å²) >= 11 is 3.14. The van der Waals surface area contributed by atoms with Gasteiger partial charge in [0.15, 0.2) is 0 Å². The minimum absolute atomic E-state index is 0.386. The summed E-state index contributed by atoms with van der Waals surface area (Å²) in [6, 6.07) is 2.43. The first kappa shape index (κ1) is 12.0.